The second kappa shape index (κ2) is 7.24. The Labute approximate surface area is 128 Å². The van der Waals surface area contributed by atoms with Gasteiger partial charge in [-0.05, 0) is 51.0 Å². The average Bonchev–Trinajstić information content (AvgIpc) is 2.97. The lowest BCUT2D eigenvalue weighted by Gasteiger charge is -2.17. The number of hydrogen-bond acceptors (Lipinski definition) is 4. The van der Waals surface area contributed by atoms with Gasteiger partial charge in [0.05, 0.1) is 5.69 Å². The Bertz CT molecular complexity index is 552. The Morgan fingerprint density at radius 2 is 1.86 bits per heavy atom. The summed E-state index contributed by atoms with van der Waals surface area (Å²) in [7, 11) is -0.290. The molecule has 1 saturated heterocycles. The van der Waals surface area contributed by atoms with Crippen LogP contribution in [0.4, 0.5) is 5.69 Å². The SMILES string of the molecule is CN(C)S(=O)(=O)c1ccccc1NCCCN1CCCC1. The number of para-hydroxylation sites is 1. The number of sulfonamides is 1. The van der Waals surface area contributed by atoms with Crippen LogP contribution < -0.4 is 5.32 Å². The van der Waals surface area contributed by atoms with Gasteiger partial charge in [-0.15, -0.1) is 0 Å². The first-order valence-electron chi connectivity index (χ1n) is 7.49. The zero-order valence-electron chi connectivity index (χ0n) is 12.9. The predicted octanol–water partition coefficient (Wildman–Crippen LogP) is 1.83. The van der Waals surface area contributed by atoms with Crippen molar-refractivity contribution in [3.8, 4) is 0 Å². The maximum atomic E-state index is 12.3. The van der Waals surface area contributed by atoms with Gasteiger partial charge in [0.15, 0.2) is 0 Å². The molecule has 0 atom stereocenters. The van der Waals surface area contributed by atoms with E-state index in [1.54, 1.807) is 26.2 Å². The first-order valence-corrected chi connectivity index (χ1v) is 8.93. The first-order chi connectivity index (χ1) is 10.0. The van der Waals surface area contributed by atoms with Crippen molar-refractivity contribution in [3.05, 3.63) is 24.3 Å². The van der Waals surface area contributed by atoms with Crippen LogP contribution in [-0.2, 0) is 10.0 Å². The van der Waals surface area contributed by atoms with E-state index in [1.165, 1.54) is 30.2 Å². The van der Waals surface area contributed by atoms with Crippen molar-refractivity contribution >= 4 is 15.7 Å². The molecule has 1 fully saturated rings. The van der Waals surface area contributed by atoms with E-state index < -0.39 is 10.0 Å². The summed E-state index contributed by atoms with van der Waals surface area (Å²) in [4.78, 5) is 2.81. The lowest BCUT2D eigenvalue weighted by atomic mass is 10.3. The van der Waals surface area contributed by atoms with Gasteiger partial charge >= 0.3 is 0 Å². The van der Waals surface area contributed by atoms with Crippen LogP contribution in [0.25, 0.3) is 0 Å². The second-order valence-corrected chi connectivity index (χ2v) is 7.73. The largest absolute Gasteiger partial charge is 0.384 e. The fourth-order valence-corrected chi connectivity index (χ4v) is 3.63. The number of anilines is 1. The van der Waals surface area contributed by atoms with Gasteiger partial charge in [-0.1, -0.05) is 12.1 Å². The van der Waals surface area contributed by atoms with Crippen LogP contribution in [0.15, 0.2) is 29.2 Å². The molecule has 0 bridgehead atoms. The van der Waals surface area contributed by atoms with Crippen molar-refractivity contribution in [3.63, 3.8) is 0 Å². The zero-order chi connectivity index (χ0) is 15.3. The molecular formula is C15H25N3O2S. The van der Waals surface area contributed by atoms with Gasteiger partial charge in [-0.3, -0.25) is 0 Å². The van der Waals surface area contributed by atoms with Crippen LogP contribution in [0.2, 0.25) is 0 Å². The van der Waals surface area contributed by atoms with Crippen LogP contribution in [0.1, 0.15) is 19.3 Å². The smallest absolute Gasteiger partial charge is 0.244 e. The maximum Gasteiger partial charge on any atom is 0.244 e. The number of hydrogen-bond donors (Lipinski definition) is 1. The zero-order valence-corrected chi connectivity index (χ0v) is 13.7. The highest BCUT2D eigenvalue weighted by molar-refractivity contribution is 7.89. The molecule has 0 unspecified atom stereocenters. The Kier molecular flexibility index (Phi) is 5.61. The van der Waals surface area contributed by atoms with Crippen molar-refractivity contribution < 1.29 is 8.42 Å². The monoisotopic (exact) mass is 311 g/mol. The van der Waals surface area contributed by atoms with Crippen molar-refractivity contribution in [1.29, 1.82) is 0 Å². The van der Waals surface area contributed by atoms with Gasteiger partial charge in [0.25, 0.3) is 0 Å². The molecule has 0 radical (unpaired) electrons. The van der Waals surface area contributed by atoms with E-state index in [2.05, 4.69) is 10.2 Å². The minimum Gasteiger partial charge on any atom is -0.384 e. The molecule has 21 heavy (non-hydrogen) atoms. The Morgan fingerprint density at radius 1 is 1.19 bits per heavy atom. The van der Waals surface area contributed by atoms with Gasteiger partial charge in [0.2, 0.25) is 10.0 Å². The van der Waals surface area contributed by atoms with Crippen LogP contribution >= 0.6 is 0 Å². The molecule has 1 aliphatic rings. The summed E-state index contributed by atoms with van der Waals surface area (Å²) < 4.78 is 25.8. The summed E-state index contributed by atoms with van der Waals surface area (Å²) in [5.74, 6) is 0. The van der Waals surface area contributed by atoms with E-state index in [9.17, 15) is 8.42 Å². The molecule has 0 amide bonds. The molecule has 0 saturated carbocycles. The Balaban J connectivity index is 1.94. The highest BCUT2D eigenvalue weighted by Gasteiger charge is 2.20. The normalized spacial score (nSPS) is 16.5. The number of benzene rings is 1. The molecule has 118 valence electrons. The van der Waals surface area contributed by atoms with E-state index in [4.69, 9.17) is 0 Å². The maximum absolute atomic E-state index is 12.3. The topological polar surface area (TPSA) is 52.7 Å². The van der Waals surface area contributed by atoms with E-state index >= 15 is 0 Å². The number of likely N-dealkylation sites (tertiary alicyclic amines) is 1. The summed E-state index contributed by atoms with van der Waals surface area (Å²) in [5.41, 5.74) is 0.688. The van der Waals surface area contributed by atoms with Gasteiger partial charge in [0, 0.05) is 20.6 Å². The molecule has 1 aliphatic heterocycles. The summed E-state index contributed by atoms with van der Waals surface area (Å²) >= 11 is 0. The van der Waals surface area contributed by atoms with Crippen LogP contribution in [0, 0.1) is 0 Å². The average molecular weight is 311 g/mol. The van der Waals surface area contributed by atoms with Crippen molar-refractivity contribution in [2.24, 2.45) is 0 Å². The highest BCUT2D eigenvalue weighted by Crippen LogP contribution is 2.23. The van der Waals surface area contributed by atoms with E-state index in [1.807, 2.05) is 12.1 Å². The fourth-order valence-electron chi connectivity index (χ4n) is 2.57. The summed E-state index contributed by atoms with van der Waals surface area (Å²) in [6.45, 7) is 4.27. The fraction of sp³-hybridized carbons (Fsp3) is 0.600. The minimum absolute atomic E-state index is 0.344. The van der Waals surface area contributed by atoms with Crippen molar-refractivity contribution in [2.45, 2.75) is 24.2 Å². The molecule has 6 heteroatoms. The molecule has 0 aliphatic carbocycles. The third-order valence-electron chi connectivity index (χ3n) is 3.81. The molecular weight excluding hydrogens is 286 g/mol. The van der Waals surface area contributed by atoms with E-state index in [0.29, 0.717) is 10.6 Å². The van der Waals surface area contributed by atoms with Crippen LogP contribution in [0.5, 0.6) is 0 Å². The number of nitrogens with one attached hydrogen (secondary N) is 1. The van der Waals surface area contributed by atoms with Gasteiger partial charge in [0.1, 0.15) is 4.90 Å². The Hall–Kier alpha value is -1.11. The molecule has 0 aromatic heterocycles. The molecule has 1 heterocycles. The lowest BCUT2D eigenvalue weighted by Crippen LogP contribution is -2.24. The standard InChI is InChI=1S/C15H25N3O2S/c1-17(2)21(19,20)15-9-4-3-8-14(15)16-10-7-13-18-11-5-6-12-18/h3-4,8-9,16H,5-7,10-13H2,1-2H3. The minimum atomic E-state index is -3.40. The Morgan fingerprint density at radius 3 is 2.52 bits per heavy atom. The van der Waals surface area contributed by atoms with E-state index in [0.717, 1.165) is 19.5 Å². The predicted molar refractivity (Wildman–Crippen MR) is 86.1 cm³/mol. The highest BCUT2D eigenvalue weighted by atomic mass is 32.2. The first kappa shape index (κ1) is 16.3. The third-order valence-corrected chi connectivity index (χ3v) is 5.68. The molecule has 1 N–H and O–H groups in total. The van der Waals surface area contributed by atoms with Gasteiger partial charge in [-0.2, -0.15) is 0 Å². The summed E-state index contributed by atoms with van der Waals surface area (Å²) in [5, 5.41) is 3.27. The molecule has 1 aromatic carbocycles. The van der Waals surface area contributed by atoms with Gasteiger partial charge < -0.3 is 10.2 Å². The van der Waals surface area contributed by atoms with Crippen molar-refractivity contribution in [2.75, 3.05) is 45.6 Å². The molecule has 5 nitrogen and oxygen atoms in total. The second-order valence-electron chi connectivity index (χ2n) is 5.61. The lowest BCUT2D eigenvalue weighted by molar-refractivity contribution is 0.337. The molecule has 2 rings (SSSR count). The summed E-state index contributed by atoms with van der Waals surface area (Å²) in [6, 6.07) is 7.09. The number of rotatable bonds is 7. The quantitative estimate of drug-likeness (QED) is 0.781. The van der Waals surface area contributed by atoms with Gasteiger partial charge in [-0.25, -0.2) is 12.7 Å². The van der Waals surface area contributed by atoms with Crippen molar-refractivity contribution in [1.82, 2.24) is 9.21 Å². The molecule has 0 spiro atoms. The number of nitrogens with zero attached hydrogens (tertiary/aromatic N) is 2. The third kappa shape index (κ3) is 4.18. The van der Waals surface area contributed by atoms with Crippen LogP contribution in [0.3, 0.4) is 0 Å². The summed E-state index contributed by atoms with van der Waals surface area (Å²) in [6.07, 6.45) is 3.63. The van der Waals surface area contributed by atoms with E-state index in [-0.39, 0.29) is 0 Å². The molecule has 1 aromatic rings. The van der Waals surface area contributed by atoms with Crippen LogP contribution in [-0.4, -0.2) is 57.9 Å².